The maximum Gasteiger partial charge on any atom is 0.255 e. The predicted molar refractivity (Wildman–Crippen MR) is 97.6 cm³/mol. The Morgan fingerprint density at radius 1 is 1.00 bits per heavy atom. The third-order valence-corrected chi connectivity index (χ3v) is 3.99. The summed E-state index contributed by atoms with van der Waals surface area (Å²) in [6, 6.07) is 18.2. The summed E-state index contributed by atoms with van der Waals surface area (Å²) >= 11 is 0. The molecule has 0 bridgehead atoms. The Labute approximate surface area is 144 Å². The van der Waals surface area contributed by atoms with Gasteiger partial charge in [0.25, 0.3) is 5.91 Å². The van der Waals surface area contributed by atoms with Crippen LogP contribution in [0.25, 0.3) is 22.2 Å². The fraction of sp³-hybridized carbons (Fsp3) is 0. The molecule has 0 radical (unpaired) electrons. The molecule has 5 heteroatoms. The fourth-order valence-corrected chi connectivity index (χ4v) is 2.74. The van der Waals surface area contributed by atoms with E-state index in [9.17, 15) is 9.90 Å². The number of carbonyl (C=O) groups excluding carboxylic acids is 1. The van der Waals surface area contributed by atoms with Crippen LogP contribution in [0, 0.1) is 0 Å². The lowest BCUT2D eigenvalue weighted by Crippen LogP contribution is -2.11. The molecule has 0 unspecified atom stereocenters. The van der Waals surface area contributed by atoms with Crippen molar-refractivity contribution in [1.82, 2.24) is 9.97 Å². The molecule has 0 atom stereocenters. The van der Waals surface area contributed by atoms with Crippen LogP contribution in [-0.2, 0) is 0 Å². The van der Waals surface area contributed by atoms with Gasteiger partial charge in [0, 0.05) is 28.9 Å². The number of aromatic hydroxyl groups is 1. The number of phenols is 1. The van der Waals surface area contributed by atoms with Gasteiger partial charge in [0.2, 0.25) is 0 Å². The van der Waals surface area contributed by atoms with Gasteiger partial charge in [-0.3, -0.25) is 4.79 Å². The number of fused-ring (bicyclic) bond motifs is 1. The molecule has 0 aliphatic rings. The van der Waals surface area contributed by atoms with E-state index >= 15 is 0 Å². The van der Waals surface area contributed by atoms with Crippen LogP contribution in [0.2, 0.25) is 0 Å². The molecule has 4 rings (SSSR count). The molecular weight excluding hydrogens is 314 g/mol. The molecule has 0 spiro atoms. The standard InChI is InChI=1S/C20H15N3O2/c24-16-8-4-7-14(9-16)20(25)23-18-12-22-19-17(18)10-15(11-21-19)13-5-2-1-3-6-13/h1-12,24H,(H,21,22)(H,23,25). The van der Waals surface area contributed by atoms with E-state index in [0.717, 1.165) is 16.5 Å². The van der Waals surface area contributed by atoms with Crippen molar-refractivity contribution < 1.29 is 9.90 Å². The number of hydrogen-bond acceptors (Lipinski definition) is 3. The topological polar surface area (TPSA) is 78.0 Å². The lowest BCUT2D eigenvalue weighted by Gasteiger charge is -2.05. The summed E-state index contributed by atoms with van der Waals surface area (Å²) in [6.07, 6.45) is 3.52. The van der Waals surface area contributed by atoms with Crippen molar-refractivity contribution >= 4 is 22.6 Å². The van der Waals surface area contributed by atoms with E-state index in [1.807, 2.05) is 36.4 Å². The third kappa shape index (κ3) is 2.95. The molecule has 1 amide bonds. The first-order valence-corrected chi connectivity index (χ1v) is 7.83. The number of H-pyrrole nitrogens is 1. The summed E-state index contributed by atoms with van der Waals surface area (Å²) in [5.74, 6) is -0.235. The molecule has 2 heterocycles. The smallest absolute Gasteiger partial charge is 0.255 e. The summed E-state index contributed by atoms with van der Waals surface area (Å²) in [4.78, 5) is 19.9. The monoisotopic (exact) mass is 329 g/mol. The zero-order chi connectivity index (χ0) is 17.2. The number of pyridine rings is 1. The normalized spacial score (nSPS) is 10.7. The minimum atomic E-state index is -0.290. The number of nitrogens with zero attached hydrogens (tertiary/aromatic N) is 1. The molecular formula is C20H15N3O2. The number of anilines is 1. The van der Waals surface area contributed by atoms with Gasteiger partial charge in [0.15, 0.2) is 0 Å². The van der Waals surface area contributed by atoms with Gasteiger partial charge in [-0.05, 0) is 29.8 Å². The van der Waals surface area contributed by atoms with Crippen molar-refractivity contribution in [2.75, 3.05) is 5.32 Å². The van der Waals surface area contributed by atoms with Crippen LogP contribution in [-0.4, -0.2) is 21.0 Å². The first kappa shape index (κ1) is 15.0. The van der Waals surface area contributed by atoms with Crippen LogP contribution in [0.1, 0.15) is 10.4 Å². The van der Waals surface area contributed by atoms with Crippen molar-refractivity contribution in [2.45, 2.75) is 0 Å². The molecule has 25 heavy (non-hydrogen) atoms. The highest BCUT2D eigenvalue weighted by atomic mass is 16.3. The Morgan fingerprint density at radius 2 is 1.84 bits per heavy atom. The number of aromatic nitrogens is 2. The average molecular weight is 329 g/mol. The Morgan fingerprint density at radius 3 is 2.64 bits per heavy atom. The fourth-order valence-electron chi connectivity index (χ4n) is 2.74. The first-order valence-electron chi connectivity index (χ1n) is 7.83. The SMILES string of the molecule is O=C(Nc1c[nH]c2ncc(-c3ccccc3)cc12)c1cccc(O)c1. The molecule has 5 nitrogen and oxygen atoms in total. The second kappa shape index (κ2) is 6.13. The van der Waals surface area contributed by atoms with E-state index in [4.69, 9.17) is 0 Å². The number of carbonyl (C=O) groups is 1. The maximum absolute atomic E-state index is 12.4. The van der Waals surface area contributed by atoms with Gasteiger partial charge >= 0.3 is 0 Å². The van der Waals surface area contributed by atoms with Crippen molar-refractivity contribution in [3.05, 3.63) is 78.6 Å². The Hall–Kier alpha value is -3.60. The average Bonchev–Trinajstić information content (AvgIpc) is 3.04. The Bertz CT molecular complexity index is 1050. The number of benzene rings is 2. The second-order valence-corrected chi connectivity index (χ2v) is 5.69. The van der Waals surface area contributed by atoms with E-state index in [-0.39, 0.29) is 11.7 Å². The van der Waals surface area contributed by atoms with Crippen LogP contribution in [0.4, 0.5) is 5.69 Å². The molecule has 0 saturated carbocycles. The van der Waals surface area contributed by atoms with Gasteiger partial charge in [0.1, 0.15) is 11.4 Å². The van der Waals surface area contributed by atoms with Crippen LogP contribution in [0.15, 0.2) is 73.1 Å². The minimum Gasteiger partial charge on any atom is -0.508 e. The third-order valence-electron chi connectivity index (χ3n) is 3.99. The van der Waals surface area contributed by atoms with Crippen molar-refractivity contribution in [2.24, 2.45) is 0 Å². The number of phenolic OH excluding ortho intramolecular Hbond substituents is 1. The lowest BCUT2D eigenvalue weighted by molar-refractivity contribution is 0.102. The van der Waals surface area contributed by atoms with Gasteiger partial charge in [0.05, 0.1) is 5.69 Å². The maximum atomic E-state index is 12.4. The van der Waals surface area contributed by atoms with E-state index in [2.05, 4.69) is 15.3 Å². The van der Waals surface area contributed by atoms with Crippen molar-refractivity contribution in [3.8, 4) is 16.9 Å². The number of hydrogen-bond donors (Lipinski definition) is 3. The quantitative estimate of drug-likeness (QED) is 0.527. The molecule has 0 aliphatic carbocycles. The summed E-state index contributed by atoms with van der Waals surface area (Å²) < 4.78 is 0. The predicted octanol–water partition coefficient (Wildman–Crippen LogP) is 4.19. The van der Waals surface area contributed by atoms with E-state index in [0.29, 0.717) is 16.9 Å². The second-order valence-electron chi connectivity index (χ2n) is 5.69. The van der Waals surface area contributed by atoms with Gasteiger partial charge < -0.3 is 15.4 Å². The summed E-state index contributed by atoms with van der Waals surface area (Å²) in [7, 11) is 0. The van der Waals surface area contributed by atoms with E-state index in [1.54, 1.807) is 24.5 Å². The Kier molecular flexibility index (Phi) is 3.67. The number of nitrogens with one attached hydrogen (secondary N) is 2. The number of aromatic amines is 1. The van der Waals surface area contributed by atoms with Gasteiger partial charge in [-0.1, -0.05) is 36.4 Å². The minimum absolute atomic E-state index is 0.0552. The Balaban J connectivity index is 1.69. The van der Waals surface area contributed by atoms with Crippen LogP contribution < -0.4 is 5.32 Å². The molecule has 4 aromatic rings. The largest absolute Gasteiger partial charge is 0.508 e. The van der Waals surface area contributed by atoms with Gasteiger partial charge in [-0.15, -0.1) is 0 Å². The lowest BCUT2D eigenvalue weighted by atomic mass is 10.1. The molecule has 0 fully saturated rings. The number of amides is 1. The van der Waals surface area contributed by atoms with Crippen LogP contribution in [0.3, 0.4) is 0 Å². The highest BCUT2D eigenvalue weighted by Gasteiger charge is 2.12. The molecule has 0 saturated heterocycles. The molecule has 0 aliphatic heterocycles. The summed E-state index contributed by atoms with van der Waals surface area (Å²) in [5.41, 5.74) is 3.77. The molecule has 2 aromatic heterocycles. The van der Waals surface area contributed by atoms with Gasteiger partial charge in [-0.2, -0.15) is 0 Å². The highest BCUT2D eigenvalue weighted by molar-refractivity contribution is 6.09. The number of rotatable bonds is 3. The highest BCUT2D eigenvalue weighted by Crippen LogP contribution is 2.27. The van der Waals surface area contributed by atoms with E-state index < -0.39 is 0 Å². The summed E-state index contributed by atoms with van der Waals surface area (Å²) in [6.45, 7) is 0. The molecule has 3 N–H and O–H groups in total. The van der Waals surface area contributed by atoms with Crippen LogP contribution >= 0.6 is 0 Å². The molecule has 2 aromatic carbocycles. The molecule has 122 valence electrons. The van der Waals surface area contributed by atoms with Gasteiger partial charge in [-0.25, -0.2) is 4.98 Å². The van der Waals surface area contributed by atoms with Crippen molar-refractivity contribution in [3.63, 3.8) is 0 Å². The zero-order valence-corrected chi connectivity index (χ0v) is 13.2. The summed E-state index contributed by atoms with van der Waals surface area (Å²) in [5, 5.41) is 13.2. The zero-order valence-electron chi connectivity index (χ0n) is 13.2. The van der Waals surface area contributed by atoms with E-state index in [1.165, 1.54) is 12.1 Å². The first-order chi connectivity index (χ1) is 12.2. The van der Waals surface area contributed by atoms with Crippen molar-refractivity contribution in [1.29, 1.82) is 0 Å². The van der Waals surface area contributed by atoms with Crippen LogP contribution in [0.5, 0.6) is 5.75 Å².